The number of sulfonamides is 1. The van der Waals surface area contributed by atoms with E-state index in [9.17, 15) is 22.4 Å². The summed E-state index contributed by atoms with van der Waals surface area (Å²) in [7, 11) is -3.87. The Hall–Kier alpha value is -2.65. The minimum atomic E-state index is -3.87. The highest BCUT2D eigenvalue weighted by molar-refractivity contribution is 7.92. The Morgan fingerprint density at radius 2 is 1.76 bits per heavy atom. The third kappa shape index (κ3) is 7.43. The summed E-state index contributed by atoms with van der Waals surface area (Å²) in [6, 6.07) is 9.58. The highest BCUT2D eigenvalue weighted by atomic mass is 35.5. The second kappa shape index (κ2) is 10.7. The lowest BCUT2D eigenvalue weighted by Crippen LogP contribution is -2.54. The lowest BCUT2D eigenvalue weighted by molar-refractivity contribution is -0.140. The molecule has 0 saturated carbocycles. The van der Waals surface area contributed by atoms with Gasteiger partial charge >= 0.3 is 0 Å². The molecule has 34 heavy (non-hydrogen) atoms. The third-order valence-corrected chi connectivity index (χ3v) is 6.43. The number of nitrogens with zero attached hydrogens (tertiary/aromatic N) is 2. The smallest absolute Gasteiger partial charge is 0.244 e. The maximum atomic E-state index is 14.4. The van der Waals surface area contributed by atoms with Gasteiger partial charge in [-0.25, -0.2) is 12.8 Å². The molecule has 0 radical (unpaired) electrons. The summed E-state index contributed by atoms with van der Waals surface area (Å²) in [6.07, 6.45) is 0.991. The highest BCUT2D eigenvalue weighted by Gasteiger charge is 2.32. The largest absolute Gasteiger partial charge is 0.350 e. The molecule has 1 N–H and O–H groups in total. The van der Waals surface area contributed by atoms with Crippen LogP contribution in [0, 0.1) is 12.7 Å². The molecular formula is C24H31ClFN3O4S. The van der Waals surface area contributed by atoms with Crippen molar-refractivity contribution in [2.75, 3.05) is 17.1 Å². The zero-order valence-corrected chi connectivity index (χ0v) is 21.8. The van der Waals surface area contributed by atoms with Crippen molar-refractivity contribution in [1.82, 2.24) is 10.2 Å². The summed E-state index contributed by atoms with van der Waals surface area (Å²) in [5.74, 6) is -1.62. The number of rotatable bonds is 8. The van der Waals surface area contributed by atoms with E-state index in [-0.39, 0.29) is 17.8 Å². The number of aryl methyl sites for hydroxylation is 1. The van der Waals surface area contributed by atoms with Gasteiger partial charge in [-0.1, -0.05) is 29.8 Å². The Bertz CT molecular complexity index is 1170. The number of carbonyl (C=O) groups excluding carboxylic acids is 2. The number of halogens is 2. The Balaban J connectivity index is 2.45. The van der Waals surface area contributed by atoms with E-state index in [1.165, 1.54) is 42.2 Å². The van der Waals surface area contributed by atoms with Crippen molar-refractivity contribution < 1.29 is 22.4 Å². The van der Waals surface area contributed by atoms with Gasteiger partial charge in [0.15, 0.2) is 0 Å². The minimum absolute atomic E-state index is 0.207. The van der Waals surface area contributed by atoms with Gasteiger partial charge < -0.3 is 10.2 Å². The molecule has 0 bridgehead atoms. The van der Waals surface area contributed by atoms with Crippen LogP contribution in [0.25, 0.3) is 0 Å². The minimum Gasteiger partial charge on any atom is -0.350 e. The van der Waals surface area contributed by atoms with Gasteiger partial charge in [0.25, 0.3) is 0 Å². The normalized spacial score (nSPS) is 12.7. The highest BCUT2D eigenvalue weighted by Crippen LogP contribution is 2.26. The number of amides is 2. The summed E-state index contributed by atoms with van der Waals surface area (Å²) in [6.45, 7) is 7.84. The molecule has 0 heterocycles. The molecule has 0 aliphatic rings. The Kier molecular flexibility index (Phi) is 8.71. The van der Waals surface area contributed by atoms with E-state index >= 15 is 0 Å². The SMILES string of the molecule is Cc1cc(Cl)ccc1N(CC(=O)N(Cc1ccccc1F)[C@H](C)C(=O)NC(C)(C)C)S(C)(=O)=O. The first-order valence-electron chi connectivity index (χ1n) is 10.7. The fourth-order valence-corrected chi connectivity index (χ4v) is 4.49. The predicted molar refractivity (Wildman–Crippen MR) is 133 cm³/mol. The monoisotopic (exact) mass is 511 g/mol. The van der Waals surface area contributed by atoms with Crippen molar-refractivity contribution >= 4 is 39.1 Å². The van der Waals surface area contributed by atoms with Crippen LogP contribution in [0.5, 0.6) is 0 Å². The molecule has 0 spiro atoms. The van der Waals surface area contributed by atoms with Crippen LogP contribution < -0.4 is 9.62 Å². The average molecular weight is 512 g/mol. The molecule has 0 unspecified atom stereocenters. The van der Waals surface area contributed by atoms with Gasteiger partial charge in [-0.3, -0.25) is 13.9 Å². The van der Waals surface area contributed by atoms with E-state index in [1.54, 1.807) is 39.8 Å². The maximum absolute atomic E-state index is 14.4. The summed E-state index contributed by atoms with van der Waals surface area (Å²) < 4.78 is 40.6. The third-order valence-electron chi connectivity index (χ3n) is 5.07. The number of hydrogen-bond donors (Lipinski definition) is 1. The molecule has 2 aromatic carbocycles. The van der Waals surface area contributed by atoms with Gasteiger partial charge in [-0.15, -0.1) is 0 Å². The lowest BCUT2D eigenvalue weighted by Gasteiger charge is -2.33. The van der Waals surface area contributed by atoms with E-state index in [1.807, 2.05) is 0 Å². The van der Waals surface area contributed by atoms with Crippen LogP contribution in [0.3, 0.4) is 0 Å². The number of carbonyl (C=O) groups is 2. The van der Waals surface area contributed by atoms with Crippen LogP contribution in [0.1, 0.15) is 38.8 Å². The first kappa shape index (κ1) is 27.6. The fraction of sp³-hybridized carbons (Fsp3) is 0.417. The number of benzene rings is 2. The van der Waals surface area contributed by atoms with E-state index in [2.05, 4.69) is 5.32 Å². The number of anilines is 1. The molecule has 7 nitrogen and oxygen atoms in total. The predicted octanol–water partition coefficient (Wildman–Crippen LogP) is 3.89. The van der Waals surface area contributed by atoms with Crippen LogP contribution >= 0.6 is 11.6 Å². The molecule has 0 aromatic heterocycles. The van der Waals surface area contributed by atoms with Crippen molar-refractivity contribution in [3.8, 4) is 0 Å². The second-order valence-electron chi connectivity index (χ2n) is 9.23. The van der Waals surface area contributed by atoms with Gasteiger partial charge in [0.1, 0.15) is 18.4 Å². The number of nitrogens with one attached hydrogen (secondary N) is 1. The van der Waals surface area contributed by atoms with Crippen molar-refractivity contribution in [3.05, 3.63) is 64.4 Å². The summed E-state index contributed by atoms with van der Waals surface area (Å²) >= 11 is 6.00. The summed E-state index contributed by atoms with van der Waals surface area (Å²) in [5.41, 5.74) is 0.500. The van der Waals surface area contributed by atoms with Crippen LogP contribution in [0.2, 0.25) is 5.02 Å². The fourth-order valence-electron chi connectivity index (χ4n) is 3.36. The van der Waals surface area contributed by atoms with Gasteiger partial charge in [0.05, 0.1) is 11.9 Å². The van der Waals surface area contributed by atoms with E-state index in [4.69, 9.17) is 11.6 Å². The molecule has 186 valence electrons. The first-order chi connectivity index (χ1) is 15.6. The van der Waals surface area contributed by atoms with Crippen LogP contribution in [0.4, 0.5) is 10.1 Å². The van der Waals surface area contributed by atoms with Gasteiger partial charge in [-0.2, -0.15) is 0 Å². The molecule has 0 fully saturated rings. The average Bonchev–Trinajstić information content (AvgIpc) is 2.69. The molecule has 2 aromatic rings. The van der Waals surface area contributed by atoms with Gasteiger partial charge in [-0.05, 0) is 64.4 Å². The second-order valence-corrected chi connectivity index (χ2v) is 11.6. The first-order valence-corrected chi connectivity index (χ1v) is 12.9. The molecule has 2 rings (SSSR count). The topological polar surface area (TPSA) is 86.8 Å². The standard InChI is InChI=1S/C24H31ClFN3O4S/c1-16-13-19(25)11-12-21(16)29(34(6,32)33)15-22(30)28(14-18-9-7-8-10-20(18)26)17(2)23(31)27-24(3,4)5/h7-13,17H,14-15H2,1-6H3,(H,27,31)/t17-/m1/s1. The summed E-state index contributed by atoms with van der Waals surface area (Å²) in [4.78, 5) is 27.5. The van der Waals surface area contributed by atoms with Gasteiger partial charge in [0, 0.05) is 22.7 Å². The van der Waals surface area contributed by atoms with Crippen molar-refractivity contribution in [3.63, 3.8) is 0 Å². The zero-order chi connectivity index (χ0) is 25.8. The quantitative estimate of drug-likeness (QED) is 0.582. The lowest BCUT2D eigenvalue weighted by atomic mass is 10.1. The molecule has 0 aliphatic heterocycles. The molecule has 0 aliphatic carbocycles. The molecule has 10 heteroatoms. The summed E-state index contributed by atoms with van der Waals surface area (Å²) in [5, 5.41) is 3.24. The molecule has 2 amide bonds. The van der Waals surface area contributed by atoms with Crippen LogP contribution in [-0.4, -0.2) is 49.5 Å². The van der Waals surface area contributed by atoms with Crippen LogP contribution in [-0.2, 0) is 26.2 Å². The van der Waals surface area contributed by atoms with E-state index in [0.717, 1.165) is 10.6 Å². The maximum Gasteiger partial charge on any atom is 0.244 e. The van der Waals surface area contributed by atoms with Crippen molar-refractivity contribution in [2.24, 2.45) is 0 Å². The Morgan fingerprint density at radius 3 is 2.29 bits per heavy atom. The van der Waals surface area contributed by atoms with Crippen LogP contribution in [0.15, 0.2) is 42.5 Å². The van der Waals surface area contributed by atoms with E-state index in [0.29, 0.717) is 10.6 Å². The van der Waals surface area contributed by atoms with Crippen molar-refractivity contribution in [1.29, 1.82) is 0 Å². The molecule has 1 atom stereocenters. The van der Waals surface area contributed by atoms with E-state index < -0.39 is 45.8 Å². The zero-order valence-electron chi connectivity index (χ0n) is 20.2. The molecular weight excluding hydrogens is 481 g/mol. The van der Waals surface area contributed by atoms with Gasteiger partial charge in [0.2, 0.25) is 21.8 Å². The van der Waals surface area contributed by atoms with Crippen molar-refractivity contribution in [2.45, 2.75) is 52.7 Å². The Labute approximate surface area is 205 Å². The molecule has 0 saturated heterocycles. The Morgan fingerprint density at radius 1 is 1.15 bits per heavy atom. The number of hydrogen-bond acceptors (Lipinski definition) is 4.